The van der Waals surface area contributed by atoms with Crippen LogP contribution in [0.15, 0.2) is 0 Å². The van der Waals surface area contributed by atoms with Crippen molar-refractivity contribution in [3.8, 4) is 0 Å². The molecule has 1 aliphatic rings. The predicted octanol–water partition coefficient (Wildman–Crippen LogP) is -0.224. The first kappa shape index (κ1) is 12.9. The van der Waals surface area contributed by atoms with Crippen LogP contribution < -0.4 is 5.73 Å². The van der Waals surface area contributed by atoms with E-state index in [0.717, 1.165) is 0 Å². The van der Waals surface area contributed by atoms with E-state index < -0.39 is 15.6 Å². The van der Waals surface area contributed by atoms with Crippen molar-refractivity contribution in [2.45, 2.75) is 25.8 Å². The summed E-state index contributed by atoms with van der Waals surface area (Å²) >= 11 is 0. The van der Waals surface area contributed by atoms with Crippen LogP contribution in [0.4, 0.5) is 0 Å². The lowest BCUT2D eigenvalue weighted by molar-refractivity contribution is -0.00768. The van der Waals surface area contributed by atoms with Crippen molar-refractivity contribution in [2.75, 3.05) is 32.1 Å². The summed E-state index contributed by atoms with van der Waals surface area (Å²) in [7, 11) is -3.18. The number of sulfonamides is 1. The Labute approximate surface area is 91.6 Å². The molecule has 0 atom stereocenters. The van der Waals surface area contributed by atoms with Crippen LogP contribution in [-0.4, -0.2) is 50.3 Å². The third kappa shape index (κ3) is 3.14. The number of hydrogen-bond acceptors (Lipinski definition) is 4. The number of nitrogens with zero attached hydrogens (tertiary/aromatic N) is 1. The largest absolute Gasteiger partial charge is 0.378 e. The van der Waals surface area contributed by atoms with Crippen molar-refractivity contribution >= 4 is 10.0 Å². The quantitative estimate of drug-likeness (QED) is 0.732. The molecule has 15 heavy (non-hydrogen) atoms. The van der Waals surface area contributed by atoms with Gasteiger partial charge in [0.1, 0.15) is 0 Å². The molecular weight excluding hydrogens is 216 g/mol. The first-order valence-electron chi connectivity index (χ1n) is 5.18. The molecule has 5 nitrogen and oxygen atoms in total. The van der Waals surface area contributed by atoms with E-state index in [1.807, 2.05) is 13.8 Å². The number of ether oxygens (including phenoxy) is 1. The Hall–Kier alpha value is -0.170. The van der Waals surface area contributed by atoms with Crippen LogP contribution >= 0.6 is 0 Å². The Morgan fingerprint density at radius 2 is 2.13 bits per heavy atom. The molecule has 0 spiro atoms. The van der Waals surface area contributed by atoms with E-state index in [-0.39, 0.29) is 5.75 Å². The first-order chi connectivity index (χ1) is 6.90. The summed E-state index contributed by atoms with van der Waals surface area (Å²) in [5.41, 5.74) is 4.89. The molecule has 1 saturated heterocycles. The molecule has 0 unspecified atom stereocenters. The van der Waals surface area contributed by atoms with Crippen LogP contribution in [0.25, 0.3) is 0 Å². The van der Waals surface area contributed by atoms with Crippen molar-refractivity contribution in [1.82, 2.24) is 4.31 Å². The van der Waals surface area contributed by atoms with Gasteiger partial charge in [0.15, 0.2) is 0 Å². The van der Waals surface area contributed by atoms with Gasteiger partial charge < -0.3 is 10.5 Å². The van der Waals surface area contributed by atoms with Gasteiger partial charge in [-0.25, -0.2) is 8.42 Å². The van der Waals surface area contributed by atoms with Gasteiger partial charge in [0, 0.05) is 6.54 Å². The fraction of sp³-hybridized carbons (Fsp3) is 1.00. The molecule has 2 N–H and O–H groups in total. The predicted molar refractivity (Wildman–Crippen MR) is 59.1 cm³/mol. The first-order valence-corrected chi connectivity index (χ1v) is 6.79. The molecule has 0 aliphatic carbocycles. The van der Waals surface area contributed by atoms with E-state index in [1.165, 1.54) is 0 Å². The smallest absolute Gasteiger partial charge is 0.214 e. The minimum absolute atomic E-state index is 0.132. The fourth-order valence-corrected chi connectivity index (χ4v) is 3.65. The lowest BCUT2D eigenvalue weighted by Crippen LogP contribution is -2.56. The second-order valence-electron chi connectivity index (χ2n) is 4.40. The highest BCUT2D eigenvalue weighted by molar-refractivity contribution is 7.89. The molecule has 1 heterocycles. The van der Waals surface area contributed by atoms with Gasteiger partial charge in [0.05, 0.1) is 24.5 Å². The van der Waals surface area contributed by atoms with E-state index in [0.29, 0.717) is 32.7 Å². The standard InChI is InChI=1S/C9H20N2O3S/c1-9(2)8-14-6-5-11(9)15(12,13)7-3-4-10/h3-8,10H2,1-2H3. The van der Waals surface area contributed by atoms with Crippen LogP contribution in [0.3, 0.4) is 0 Å². The topological polar surface area (TPSA) is 72.6 Å². The Morgan fingerprint density at radius 3 is 2.67 bits per heavy atom. The molecule has 0 saturated carbocycles. The Bertz CT molecular complexity index is 300. The lowest BCUT2D eigenvalue weighted by atomic mass is 10.1. The van der Waals surface area contributed by atoms with Gasteiger partial charge in [-0.2, -0.15) is 4.31 Å². The summed E-state index contributed by atoms with van der Waals surface area (Å²) < 4.78 is 30.8. The van der Waals surface area contributed by atoms with Gasteiger partial charge in [-0.1, -0.05) is 0 Å². The molecule has 1 rings (SSSR count). The van der Waals surface area contributed by atoms with E-state index in [1.54, 1.807) is 4.31 Å². The maximum absolute atomic E-state index is 12.0. The molecule has 0 aromatic heterocycles. The zero-order valence-corrected chi connectivity index (χ0v) is 10.2. The van der Waals surface area contributed by atoms with Gasteiger partial charge in [0.25, 0.3) is 0 Å². The highest BCUT2D eigenvalue weighted by Crippen LogP contribution is 2.23. The van der Waals surface area contributed by atoms with Gasteiger partial charge in [-0.3, -0.25) is 0 Å². The fourth-order valence-electron chi connectivity index (χ4n) is 1.74. The van der Waals surface area contributed by atoms with E-state index >= 15 is 0 Å². The molecule has 0 bridgehead atoms. The molecule has 0 amide bonds. The van der Waals surface area contributed by atoms with Crippen molar-refractivity contribution in [3.05, 3.63) is 0 Å². The molecule has 0 radical (unpaired) electrons. The summed E-state index contributed by atoms with van der Waals surface area (Å²) in [5, 5.41) is 0. The third-order valence-corrected chi connectivity index (χ3v) is 4.66. The van der Waals surface area contributed by atoms with Crippen LogP contribution in [0.5, 0.6) is 0 Å². The molecule has 1 aliphatic heterocycles. The number of nitrogens with two attached hydrogens (primary N) is 1. The normalized spacial score (nSPS) is 22.9. The maximum atomic E-state index is 12.0. The van der Waals surface area contributed by atoms with Gasteiger partial charge in [-0.05, 0) is 26.8 Å². The lowest BCUT2D eigenvalue weighted by Gasteiger charge is -2.40. The number of morpholine rings is 1. The van der Waals surface area contributed by atoms with Crippen molar-refractivity contribution in [2.24, 2.45) is 5.73 Å². The molecule has 0 aromatic carbocycles. The van der Waals surface area contributed by atoms with Crippen LogP contribution in [0.2, 0.25) is 0 Å². The molecule has 90 valence electrons. The van der Waals surface area contributed by atoms with Crippen LogP contribution in [0.1, 0.15) is 20.3 Å². The Morgan fingerprint density at radius 1 is 1.47 bits per heavy atom. The number of rotatable bonds is 4. The summed E-state index contributed by atoms with van der Waals surface area (Å²) in [6.45, 7) is 5.54. The maximum Gasteiger partial charge on any atom is 0.214 e. The monoisotopic (exact) mass is 236 g/mol. The molecular formula is C9H20N2O3S. The van der Waals surface area contributed by atoms with Gasteiger partial charge in [-0.15, -0.1) is 0 Å². The van der Waals surface area contributed by atoms with E-state index in [9.17, 15) is 8.42 Å². The van der Waals surface area contributed by atoms with Gasteiger partial charge >= 0.3 is 0 Å². The van der Waals surface area contributed by atoms with E-state index in [2.05, 4.69) is 0 Å². The number of hydrogen-bond donors (Lipinski definition) is 1. The van der Waals surface area contributed by atoms with Crippen LogP contribution in [0, 0.1) is 0 Å². The third-order valence-electron chi connectivity index (χ3n) is 2.51. The molecule has 6 heteroatoms. The second-order valence-corrected chi connectivity index (χ2v) is 6.41. The highest BCUT2D eigenvalue weighted by atomic mass is 32.2. The highest BCUT2D eigenvalue weighted by Gasteiger charge is 2.38. The second kappa shape index (κ2) is 4.78. The average Bonchev–Trinajstić information content (AvgIpc) is 2.13. The zero-order chi connectivity index (χ0) is 11.5. The summed E-state index contributed by atoms with van der Waals surface area (Å²) in [6, 6.07) is 0. The molecule has 0 aromatic rings. The van der Waals surface area contributed by atoms with Crippen LogP contribution in [-0.2, 0) is 14.8 Å². The van der Waals surface area contributed by atoms with Crippen molar-refractivity contribution in [3.63, 3.8) is 0 Å². The minimum atomic E-state index is -3.18. The van der Waals surface area contributed by atoms with Gasteiger partial charge in [0.2, 0.25) is 10.0 Å². The SMILES string of the molecule is CC1(C)COCCN1S(=O)(=O)CCCN. The molecule has 1 fully saturated rings. The summed E-state index contributed by atoms with van der Waals surface area (Å²) in [5.74, 6) is 0.132. The zero-order valence-electron chi connectivity index (χ0n) is 9.40. The average molecular weight is 236 g/mol. The summed E-state index contributed by atoms with van der Waals surface area (Å²) in [6.07, 6.45) is 0.510. The van der Waals surface area contributed by atoms with Crippen molar-refractivity contribution < 1.29 is 13.2 Å². The van der Waals surface area contributed by atoms with Crippen molar-refractivity contribution in [1.29, 1.82) is 0 Å². The summed E-state index contributed by atoms with van der Waals surface area (Å²) in [4.78, 5) is 0. The van der Waals surface area contributed by atoms with E-state index in [4.69, 9.17) is 10.5 Å². The Balaban J connectivity index is 2.76. The minimum Gasteiger partial charge on any atom is -0.378 e. The Kier molecular flexibility index (Phi) is 4.11.